The maximum absolute atomic E-state index is 12.5. The lowest BCUT2D eigenvalue weighted by molar-refractivity contribution is -0.137. The maximum atomic E-state index is 12.5. The molecule has 0 radical (unpaired) electrons. The summed E-state index contributed by atoms with van der Waals surface area (Å²) in [6.45, 7) is 8.19. The molecule has 1 saturated carbocycles. The summed E-state index contributed by atoms with van der Waals surface area (Å²) in [4.78, 5) is 30.8. The number of carbonyl (C=O) groups is 2. The second kappa shape index (κ2) is 12.6. The van der Waals surface area contributed by atoms with Gasteiger partial charge in [-0.05, 0) is 62.1 Å². The number of pyridine rings is 1. The van der Waals surface area contributed by atoms with E-state index in [4.69, 9.17) is 4.74 Å². The Morgan fingerprint density at radius 2 is 1.95 bits per heavy atom. The fraction of sp³-hybridized carbons (Fsp3) is 0.552. The van der Waals surface area contributed by atoms with Gasteiger partial charge < -0.3 is 30.0 Å². The van der Waals surface area contributed by atoms with Crippen molar-refractivity contribution in [2.24, 2.45) is 11.3 Å². The molecule has 8 nitrogen and oxygen atoms in total. The van der Waals surface area contributed by atoms with Crippen LogP contribution in [0.25, 0.3) is 0 Å². The van der Waals surface area contributed by atoms with Crippen LogP contribution in [-0.2, 0) is 22.3 Å². The van der Waals surface area contributed by atoms with E-state index >= 15 is 0 Å². The molecule has 3 aliphatic rings. The molecule has 3 heterocycles. The summed E-state index contributed by atoms with van der Waals surface area (Å²) in [5.74, 6) is 1.40. The monoisotopic (exact) mass is 561 g/mol. The molecule has 1 aromatic carbocycles. The molecular formula is C29H38F3N5O3. The third-order valence-electron chi connectivity index (χ3n) is 8.14. The van der Waals surface area contributed by atoms with Gasteiger partial charge in [0.2, 0.25) is 0 Å². The van der Waals surface area contributed by atoms with Crippen molar-refractivity contribution in [3.8, 4) is 5.75 Å². The number of benzene rings is 1. The molecule has 0 bridgehead atoms. The number of amides is 1. The second-order valence-corrected chi connectivity index (χ2v) is 11.2. The number of rotatable bonds is 6. The average Bonchev–Trinajstić information content (AvgIpc) is 3.37. The minimum Gasteiger partial charge on any atom is -0.482 e. The molecule has 2 aromatic rings. The first kappa shape index (κ1) is 29.8. The fourth-order valence-electron chi connectivity index (χ4n) is 5.34. The highest BCUT2D eigenvalue weighted by atomic mass is 19.4. The number of fused-ring (bicyclic) bond motifs is 1. The van der Waals surface area contributed by atoms with Gasteiger partial charge in [0.05, 0.1) is 11.3 Å². The van der Waals surface area contributed by atoms with Crippen LogP contribution >= 0.6 is 0 Å². The molecule has 5 rings (SSSR count). The molecule has 2 N–H and O–H groups in total. The zero-order chi connectivity index (χ0) is 28.9. The molecule has 40 heavy (non-hydrogen) atoms. The highest BCUT2D eigenvalue weighted by Gasteiger charge is 2.41. The third-order valence-corrected chi connectivity index (χ3v) is 8.14. The topological polar surface area (TPSA) is 86.8 Å². The van der Waals surface area contributed by atoms with E-state index in [1.54, 1.807) is 0 Å². The van der Waals surface area contributed by atoms with Gasteiger partial charge in [0.1, 0.15) is 17.9 Å². The van der Waals surface area contributed by atoms with Gasteiger partial charge >= 0.3 is 6.18 Å². The molecular weight excluding hydrogens is 523 g/mol. The van der Waals surface area contributed by atoms with Crippen molar-refractivity contribution in [1.82, 2.24) is 15.2 Å². The van der Waals surface area contributed by atoms with Crippen molar-refractivity contribution in [3.05, 3.63) is 47.7 Å². The van der Waals surface area contributed by atoms with Crippen molar-refractivity contribution >= 4 is 23.7 Å². The number of carbonyl (C=O) groups excluding carboxylic acids is 2. The zero-order valence-corrected chi connectivity index (χ0v) is 23.3. The quantitative estimate of drug-likeness (QED) is 0.507. The van der Waals surface area contributed by atoms with Crippen LogP contribution in [0.1, 0.15) is 44.2 Å². The minimum atomic E-state index is -4.30. The van der Waals surface area contributed by atoms with Gasteiger partial charge in [-0.15, -0.1) is 0 Å². The Labute approximate surface area is 233 Å². The van der Waals surface area contributed by atoms with Crippen LogP contribution in [0.3, 0.4) is 0 Å². The highest BCUT2D eigenvalue weighted by Crippen LogP contribution is 2.42. The first-order valence-electron chi connectivity index (χ1n) is 13.7. The Morgan fingerprint density at radius 1 is 1.20 bits per heavy atom. The number of anilines is 2. The number of aldehydes is 1. The lowest BCUT2D eigenvalue weighted by Crippen LogP contribution is -2.44. The summed E-state index contributed by atoms with van der Waals surface area (Å²) < 4.78 is 43.1. The zero-order valence-electron chi connectivity index (χ0n) is 23.3. The van der Waals surface area contributed by atoms with Crippen LogP contribution < -0.4 is 20.3 Å². The number of alkyl halides is 3. The van der Waals surface area contributed by atoms with Crippen molar-refractivity contribution in [3.63, 3.8) is 0 Å². The number of hydrogen-bond donors (Lipinski definition) is 2. The van der Waals surface area contributed by atoms with E-state index in [0.29, 0.717) is 30.9 Å². The Bertz CT molecular complexity index is 1180. The first-order valence-corrected chi connectivity index (χ1v) is 13.7. The molecule has 1 aliphatic carbocycles. The van der Waals surface area contributed by atoms with Crippen molar-refractivity contribution in [2.45, 2.75) is 51.9 Å². The van der Waals surface area contributed by atoms with Crippen LogP contribution in [0.15, 0.2) is 36.5 Å². The van der Waals surface area contributed by atoms with Crippen molar-refractivity contribution < 1.29 is 27.5 Å². The SMILES string of the molecule is CC(C)C1(C=O)CCC(NCc2ccc3c(c2)OCC(=O)N3)C1.CN1CCN(c2cc(C(F)(F)F)ccn2)CC1. The van der Waals surface area contributed by atoms with E-state index in [9.17, 15) is 22.8 Å². The molecule has 2 aliphatic heterocycles. The molecule has 11 heteroatoms. The Balaban J connectivity index is 0.000000194. The van der Waals surface area contributed by atoms with Crippen LogP contribution in [-0.4, -0.2) is 68.0 Å². The Kier molecular flexibility index (Phi) is 9.35. The Hall–Kier alpha value is -3.18. The van der Waals surface area contributed by atoms with E-state index < -0.39 is 11.7 Å². The summed E-state index contributed by atoms with van der Waals surface area (Å²) in [6, 6.07) is 8.32. The molecule has 1 saturated heterocycles. The van der Waals surface area contributed by atoms with Crippen LogP contribution in [0.2, 0.25) is 0 Å². The number of hydrogen-bond acceptors (Lipinski definition) is 7. The number of aromatic nitrogens is 1. The highest BCUT2D eigenvalue weighted by molar-refractivity contribution is 5.95. The summed E-state index contributed by atoms with van der Waals surface area (Å²) >= 11 is 0. The molecule has 2 fully saturated rings. The van der Waals surface area contributed by atoms with E-state index in [1.165, 1.54) is 6.20 Å². The van der Waals surface area contributed by atoms with Gasteiger partial charge in [0, 0.05) is 50.4 Å². The lowest BCUT2D eigenvalue weighted by atomic mass is 9.77. The molecule has 1 aromatic heterocycles. The van der Waals surface area contributed by atoms with E-state index in [2.05, 4.69) is 34.4 Å². The molecule has 218 valence electrons. The third kappa shape index (κ3) is 7.31. The summed E-state index contributed by atoms with van der Waals surface area (Å²) in [6.07, 6.45) is 0.987. The standard InChI is InChI=1S/C18H24N2O3.C11H14F3N3/c1-12(2)18(11-21)6-5-14(8-18)19-9-13-3-4-15-16(7-13)23-10-17(22)20-15;1-16-4-6-17(7-5-16)10-8-9(2-3-15-10)11(12,13)14/h3-4,7,11-12,14,19H,5-6,8-10H2,1-2H3,(H,20,22);2-3,8H,4-7H2,1H3. The van der Waals surface area contributed by atoms with Crippen LogP contribution in [0, 0.1) is 11.3 Å². The predicted molar refractivity (Wildman–Crippen MR) is 147 cm³/mol. The van der Waals surface area contributed by atoms with Gasteiger partial charge in [-0.3, -0.25) is 4.79 Å². The minimum absolute atomic E-state index is 0.0722. The number of ether oxygens (including phenoxy) is 1. The second-order valence-electron chi connectivity index (χ2n) is 11.2. The van der Waals surface area contributed by atoms with Crippen molar-refractivity contribution in [1.29, 1.82) is 0 Å². The van der Waals surface area contributed by atoms with Gasteiger partial charge in [-0.1, -0.05) is 19.9 Å². The fourth-order valence-corrected chi connectivity index (χ4v) is 5.34. The smallest absolute Gasteiger partial charge is 0.416 e. The number of likely N-dealkylation sites (N-methyl/N-ethyl adjacent to an activating group) is 1. The molecule has 0 spiro atoms. The van der Waals surface area contributed by atoms with Crippen molar-refractivity contribution in [2.75, 3.05) is 50.1 Å². The number of nitrogens with one attached hydrogen (secondary N) is 2. The lowest BCUT2D eigenvalue weighted by Gasteiger charge is -2.33. The normalized spacial score (nSPS) is 23.1. The summed E-state index contributed by atoms with van der Waals surface area (Å²) in [5.41, 5.74) is 1.04. The predicted octanol–water partition coefficient (Wildman–Crippen LogP) is 4.35. The summed E-state index contributed by atoms with van der Waals surface area (Å²) in [5, 5.41) is 6.35. The number of piperazine rings is 1. The molecule has 1 amide bonds. The molecule has 2 unspecified atom stereocenters. The maximum Gasteiger partial charge on any atom is 0.416 e. The largest absolute Gasteiger partial charge is 0.482 e. The van der Waals surface area contributed by atoms with E-state index in [0.717, 1.165) is 74.3 Å². The average molecular weight is 562 g/mol. The number of halogens is 3. The van der Waals surface area contributed by atoms with E-state index in [-0.39, 0.29) is 17.9 Å². The van der Waals surface area contributed by atoms with Crippen LogP contribution in [0.4, 0.5) is 24.7 Å². The van der Waals surface area contributed by atoms with Gasteiger partial charge in [-0.25, -0.2) is 4.98 Å². The van der Waals surface area contributed by atoms with Gasteiger partial charge in [-0.2, -0.15) is 13.2 Å². The molecule has 2 atom stereocenters. The number of nitrogens with zero attached hydrogens (tertiary/aromatic N) is 3. The van der Waals surface area contributed by atoms with Crippen LogP contribution in [0.5, 0.6) is 5.75 Å². The van der Waals surface area contributed by atoms with Gasteiger partial charge in [0.25, 0.3) is 5.91 Å². The van der Waals surface area contributed by atoms with E-state index in [1.807, 2.05) is 30.1 Å². The first-order chi connectivity index (χ1) is 19.0. The summed E-state index contributed by atoms with van der Waals surface area (Å²) in [7, 11) is 2.00. The Morgan fingerprint density at radius 3 is 2.60 bits per heavy atom. The van der Waals surface area contributed by atoms with Gasteiger partial charge in [0.15, 0.2) is 6.61 Å².